The molecule has 0 aromatic carbocycles. The minimum Gasteiger partial charge on any atom is -0.337 e. The lowest BCUT2D eigenvalue weighted by molar-refractivity contribution is -0.146. The summed E-state index contributed by atoms with van der Waals surface area (Å²) in [6, 6.07) is 0. The number of carbonyl (C=O) groups excluding carboxylic acids is 1. The Morgan fingerprint density at radius 3 is 2.27 bits per heavy atom. The number of carbonyl (C=O) groups is 1. The molecule has 1 aliphatic heterocycles. The van der Waals surface area contributed by atoms with E-state index in [1.807, 2.05) is 0 Å². The molecule has 3 atom stereocenters. The quantitative estimate of drug-likeness (QED) is 0.684. The Kier molecular flexibility index (Phi) is 2.36. The second-order valence-corrected chi connectivity index (χ2v) is 6.26. The second-order valence-electron chi connectivity index (χ2n) is 6.26. The molecule has 0 N–H and O–H groups in total. The molecule has 1 saturated carbocycles. The molecule has 1 heterocycles. The van der Waals surface area contributed by atoms with Gasteiger partial charge in [-0.2, -0.15) is 0 Å². The SMILES string of the molecule is CC(C)C1C(C)C1C(=O)N1CCC1(C)C. The van der Waals surface area contributed by atoms with Crippen LogP contribution in [0.3, 0.4) is 0 Å². The highest BCUT2D eigenvalue weighted by Crippen LogP contribution is 2.52. The van der Waals surface area contributed by atoms with Crippen LogP contribution in [0.2, 0.25) is 0 Å². The summed E-state index contributed by atoms with van der Waals surface area (Å²) in [5, 5.41) is 0. The fourth-order valence-electron chi connectivity index (χ4n) is 3.16. The molecular weight excluding hydrogens is 186 g/mol. The van der Waals surface area contributed by atoms with E-state index in [0.717, 1.165) is 13.0 Å². The molecule has 2 rings (SSSR count). The normalized spacial score (nSPS) is 37.7. The summed E-state index contributed by atoms with van der Waals surface area (Å²) in [7, 11) is 0. The number of nitrogens with zero attached hydrogens (tertiary/aromatic N) is 1. The predicted octanol–water partition coefficient (Wildman–Crippen LogP) is 2.54. The zero-order valence-corrected chi connectivity index (χ0v) is 10.6. The van der Waals surface area contributed by atoms with Crippen LogP contribution in [0, 0.1) is 23.7 Å². The first-order valence-electron chi connectivity index (χ1n) is 6.18. The van der Waals surface area contributed by atoms with Crippen molar-refractivity contribution >= 4 is 5.91 Å². The van der Waals surface area contributed by atoms with Crippen LogP contribution in [0.4, 0.5) is 0 Å². The van der Waals surface area contributed by atoms with Crippen molar-refractivity contribution in [2.75, 3.05) is 6.54 Å². The molecular formula is C13H23NO. The lowest BCUT2D eigenvalue weighted by atomic mass is 9.88. The summed E-state index contributed by atoms with van der Waals surface area (Å²) in [6.07, 6.45) is 1.16. The van der Waals surface area contributed by atoms with Gasteiger partial charge in [0, 0.05) is 18.0 Å². The Bertz CT molecular complexity index is 282. The summed E-state index contributed by atoms with van der Waals surface area (Å²) >= 11 is 0. The first-order valence-corrected chi connectivity index (χ1v) is 6.18. The van der Waals surface area contributed by atoms with Crippen molar-refractivity contribution < 1.29 is 4.79 Å². The van der Waals surface area contributed by atoms with Crippen molar-refractivity contribution in [2.45, 2.75) is 46.6 Å². The van der Waals surface area contributed by atoms with Gasteiger partial charge in [0.15, 0.2) is 0 Å². The van der Waals surface area contributed by atoms with E-state index in [2.05, 4.69) is 39.5 Å². The van der Waals surface area contributed by atoms with Crippen LogP contribution in [-0.4, -0.2) is 22.9 Å². The Balaban J connectivity index is 1.99. The molecule has 15 heavy (non-hydrogen) atoms. The van der Waals surface area contributed by atoms with Crippen molar-refractivity contribution in [2.24, 2.45) is 23.7 Å². The standard InChI is InChI=1S/C13H23NO/c1-8(2)10-9(3)11(10)12(15)14-7-6-13(14,4)5/h8-11H,6-7H2,1-5H3. The Hall–Kier alpha value is -0.530. The number of rotatable bonds is 2. The monoisotopic (exact) mass is 209 g/mol. The average molecular weight is 209 g/mol. The van der Waals surface area contributed by atoms with Gasteiger partial charge in [-0.05, 0) is 38.0 Å². The number of hydrogen-bond acceptors (Lipinski definition) is 1. The van der Waals surface area contributed by atoms with Crippen molar-refractivity contribution in [1.29, 1.82) is 0 Å². The summed E-state index contributed by atoms with van der Waals surface area (Å²) in [5.41, 5.74) is 0.126. The molecule has 3 unspecified atom stereocenters. The van der Waals surface area contributed by atoms with Crippen LogP contribution in [0.25, 0.3) is 0 Å². The molecule has 0 aromatic rings. The van der Waals surface area contributed by atoms with Crippen LogP contribution in [-0.2, 0) is 4.79 Å². The summed E-state index contributed by atoms with van der Waals surface area (Å²) in [6.45, 7) is 12.0. The van der Waals surface area contributed by atoms with E-state index in [-0.39, 0.29) is 5.54 Å². The van der Waals surface area contributed by atoms with E-state index in [1.165, 1.54) is 0 Å². The fourth-order valence-corrected chi connectivity index (χ4v) is 3.16. The van der Waals surface area contributed by atoms with Crippen molar-refractivity contribution in [3.8, 4) is 0 Å². The van der Waals surface area contributed by atoms with Gasteiger partial charge in [-0.3, -0.25) is 4.79 Å². The molecule has 2 fully saturated rings. The van der Waals surface area contributed by atoms with Gasteiger partial charge in [-0.25, -0.2) is 0 Å². The second kappa shape index (κ2) is 3.23. The van der Waals surface area contributed by atoms with Gasteiger partial charge in [0.2, 0.25) is 5.91 Å². The smallest absolute Gasteiger partial charge is 0.226 e. The molecule has 1 aliphatic carbocycles. The van der Waals surface area contributed by atoms with E-state index in [0.29, 0.717) is 29.6 Å². The average Bonchev–Trinajstić information content (AvgIpc) is 2.75. The zero-order chi connectivity index (χ0) is 11.4. The first kappa shape index (κ1) is 11.0. The lowest BCUT2D eigenvalue weighted by Gasteiger charge is -2.48. The maximum absolute atomic E-state index is 12.3. The lowest BCUT2D eigenvalue weighted by Crippen LogP contribution is -2.59. The van der Waals surface area contributed by atoms with Gasteiger partial charge >= 0.3 is 0 Å². The third-order valence-corrected chi connectivity index (χ3v) is 4.45. The Labute approximate surface area is 93.0 Å². The van der Waals surface area contributed by atoms with Crippen LogP contribution in [0.5, 0.6) is 0 Å². The van der Waals surface area contributed by atoms with E-state index >= 15 is 0 Å². The van der Waals surface area contributed by atoms with E-state index < -0.39 is 0 Å². The Morgan fingerprint density at radius 2 is 2.00 bits per heavy atom. The van der Waals surface area contributed by atoms with Crippen LogP contribution in [0.15, 0.2) is 0 Å². The summed E-state index contributed by atoms with van der Waals surface area (Å²) in [4.78, 5) is 14.3. The van der Waals surface area contributed by atoms with Gasteiger partial charge in [0.1, 0.15) is 0 Å². The maximum Gasteiger partial charge on any atom is 0.226 e. The number of likely N-dealkylation sites (tertiary alicyclic amines) is 1. The number of amides is 1. The molecule has 2 nitrogen and oxygen atoms in total. The highest BCUT2D eigenvalue weighted by molar-refractivity contribution is 5.83. The van der Waals surface area contributed by atoms with Crippen molar-refractivity contribution in [3.05, 3.63) is 0 Å². The molecule has 2 heteroatoms. The van der Waals surface area contributed by atoms with Gasteiger partial charge in [-0.15, -0.1) is 0 Å². The van der Waals surface area contributed by atoms with Gasteiger partial charge in [0.05, 0.1) is 0 Å². The molecule has 0 radical (unpaired) electrons. The first-order chi connectivity index (χ1) is 6.86. The summed E-state index contributed by atoms with van der Waals surface area (Å²) in [5.74, 6) is 2.63. The van der Waals surface area contributed by atoms with E-state index in [9.17, 15) is 4.79 Å². The largest absolute Gasteiger partial charge is 0.337 e. The van der Waals surface area contributed by atoms with Crippen LogP contribution in [0.1, 0.15) is 41.0 Å². The maximum atomic E-state index is 12.3. The topological polar surface area (TPSA) is 20.3 Å². The minimum atomic E-state index is 0.126. The van der Waals surface area contributed by atoms with E-state index in [1.54, 1.807) is 0 Å². The van der Waals surface area contributed by atoms with E-state index in [4.69, 9.17) is 0 Å². The fraction of sp³-hybridized carbons (Fsp3) is 0.923. The van der Waals surface area contributed by atoms with Gasteiger partial charge in [-0.1, -0.05) is 20.8 Å². The minimum absolute atomic E-state index is 0.126. The van der Waals surface area contributed by atoms with Crippen LogP contribution < -0.4 is 0 Å². The predicted molar refractivity (Wildman–Crippen MR) is 61.4 cm³/mol. The third-order valence-electron chi connectivity index (χ3n) is 4.45. The van der Waals surface area contributed by atoms with Crippen molar-refractivity contribution in [1.82, 2.24) is 4.90 Å². The molecule has 86 valence electrons. The highest BCUT2D eigenvalue weighted by atomic mass is 16.2. The molecule has 0 spiro atoms. The van der Waals surface area contributed by atoms with Gasteiger partial charge in [0.25, 0.3) is 0 Å². The van der Waals surface area contributed by atoms with Gasteiger partial charge < -0.3 is 4.90 Å². The highest BCUT2D eigenvalue weighted by Gasteiger charge is 2.56. The third kappa shape index (κ3) is 1.58. The Morgan fingerprint density at radius 1 is 1.40 bits per heavy atom. The molecule has 2 aliphatic rings. The van der Waals surface area contributed by atoms with Crippen molar-refractivity contribution in [3.63, 3.8) is 0 Å². The summed E-state index contributed by atoms with van der Waals surface area (Å²) < 4.78 is 0. The molecule has 0 bridgehead atoms. The molecule has 1 saturated heterocycles. The molecule has 0 aromatic heterocycles. The molecule has 1 amide bonds. The zero-order valence-electron chi connectivity index (χ0n) is 10.6. The van der Waals surface area contributed by atoms with Crippen LogP contribution >= 0.6 is 0 Å². The number of hydrogen-bond donors (Lipinski definition) is 0.